The topological polar surface area (TPSA) is 64.0 Å². The van der Waals surface area contributed by atoms with E-state index < -0.39 is 10.0 Å². The zero-order chi connectivity index (χ0) is 12.6. The van der Waals surface area contributed by atoms with Crippen molar-refractivity contribution in [2.45, 2.75) is 51.1 Å². The molecule has 0 aromatic carbocycles. The molecule has 96 valence electrons. The lowest BCUT2D eigenvalue weighted by atomic mass is 10.0. The van der Waals surface area contributed by atoms with Crippen molar-refractivity contribution >= 4 is 10.0 Å². The van der Waals surface area contributed by atoms with Crippen LogP contribution in [0.15, 0.2) is 5.03 Å². The molecule has 0 spiro atoms. The molecule has 0 fully saturated rings. The zero-order valence-electron chi connectivity index (χ0n) is 10.5. The lowest BCUT2D eigenvalue weighted by Crippen LogP contribution is -2.26. The van der Waals surface area contributed by atoms with Crippen LogP contribution in [0.3, 0.4) is 0 Å². The monoisotopic (exact) mass is 257 g/mol. The van der Waals surface area contributed by atoms with Gasteiger partial charge in [0.05, 0.1) is 5.69 Å². The van der Waals surface area contributed by atoms with Crippen LogP contribution in [0.4, 0.5) is 0 Å². The van der Waals surface area contributed by atoms with Gasteiger partial charge in [-0.25, -0.2) is 18.1 Å². The molecule has 0 saturated heterocycles. The predicted octanol–water partition coefficient (Wildman–Crippen LogP) is 1.39. The molecule has 0 radical (unpaired) electrons. The van der Waals surface area contributed by atoms with Gasteiger partial charge in [-0.3, -0.25) is 0 Å². The quantitative estimate of drug-likeness (QED) is 0.890. The molecule has 5 nitrogen and oxygen atoms in total. The Labute approximate surface area is 102 Å². The van der Waals surface area contributed by atoms with E-state index in [4.69, 9.17) is 0 Å². The molecule has 1 N–H and O–H groups in total. The SMILES string of the molecule is CCNS(=O)(=O)c1nc(C)n2c1CCCC2C. The van der Waals surface area contributed by atoms with Gasteiger partial charge in [-0.05, 0) is 33.1 Å². The standard InChI is InChI=1S/C11H19N3O2S/c1-4-12-17(15,16)11-10-7-5-6-8(2)14(10)9(3)13-11/h8,12H,4-7H2,1-3H3. The van der Waals surface area contributed by atoms with Crippen LogP contribution < -0.4 is 4.72 Å². The normalized spacial score (nSPS) is 20.3. The van der Waals surface area contributed by atoms with E-state index in [-0.39, 0.29) is 5.03 Å². The van der Waals surface area contributed by atoms with Crippen LogP contribution in [0, 0.1) is 6.92 Å². The van der Waals surface area contributed by atoms with Crippen LogP contribution in [-0.4, -0.2) is 24.5 Å². The summed E-state index contributed by atoms with van der Waals surface area (Å²) < 4.78 is 28.7. The fraction of sp³-hybridized carbons (Fsp3) is 0.727. The summed E-state index contributed by atoms with van der Waals surface area (Å²) >= 11 is 0. The maximum atomic E-state index is 12.0. The lowest BCUT2D eigenvalue weighted by molar-refractivity contribution is 0.420. The highest BCUT2D eigenvalue weighted by atomic mass is 32.2. The maximum Gasteiger partial charge on any atom is 0.259 e. The number of aromatic nitrogens is 2. The second-order valence-corrected chi connectivity index (χ2v) is 6.21. The summed E-state index contributed by atoms with van der Waals surface area (Å²) in [5, 5.41) is 0.225. The average molecular weight is 257 g/mol. The Morgan fingerprint density at radius 3 is 2.88 bits per heavy atom. The van der Waals surface area contributed by atoms with Gasteiger partial charge in [0.15, 0.2) is 5.03 Å². The first-order chi connectivity index (χ1) is 7.97. The average Bonchev–Trinajstić information content (AvgIpc) is 2.58. The number of fused-ring (bicyclic) bond motifs is 1. The summed E-state index contributed by atoms with van der Waals surface area (Å²) in [6, 6.07) is 0.344. The van der Waals surface area contributed by atoms with Gasteiger partial charge in [0, 0.05) is 12.6 Å². The fourth-order valence-corrected chi connectivity index (χ4v) is 3.82. The second kappa shape index (κ2) is 4.42. The Bertz CT molecular complexity index is 519. The molecule has 1 aromatic rings. The number of hydrogen-bond donors (Lipinski definition) is 1. The molecule has 0 aliphatic carbocycles. The Morgan fingerprint density at radius 1 is 1.53 bits per heavy atom. The van der Waals surface area contributed by atoms with Crippen molar-refractivity contribution in [2.24, 2.45) is 0 Å². The van der Waals surface area contributed by atoms with Crippen molar-refractivity contribution in [1.29, 1.82) is 0 Å². The van der Waals surface area contributed by atoms with Gasteiger partial charge >= 0.3 is 0 Å². The minimum absolute atomic E-state index is 0.225. The molecule has 2 heterocycles. The molecule has 0 saturated carbocycles. The van der Waals surface area contributed by atoms with E-state index in [1.54, 1.807) is 6.92 Å². The highest BCUT2D eigenvalue weighted by Gasteiger charge is 2.29. The number of nitrogens with one attached hydrogen (secondary N) is 1. The van der Waals surface area contributed by atoms with Crippen molar-refractivity contribution in [1.82, 2.24) is 14.3 Å². The molecule has 1 aliphatic rings. The largest absolute Gasteiger partial charge is 0.328 e. The summed E-state index contributed by atoms with van der Waals surface area (Å²) in [6.45, 7) is 6.15. The Kier molecular flexibility index (Phi) is 3.27. The van der Waals surface area contributed by atoms with Crippen LogP contribution in [0.5, 0.6) is 0 Å². The molecule has 1 aromatic heterocycles. The van der Waals surface area contributed by atoms with Crippen LogP contribution in [0.25, 0.3) is 0 Å². The lowest BCUT2D eigenvalue weighted by Gasteiger charge is -2.23. The molecule has 1 aliphatic heterocycles. The number of aryl methyl sites for hydroxylation is 1. The highest BCUT2D eigenvalue weighted by molar-refractivity contribution is 7.89. The summed E-state index contributed by atoms with van der Waals surface area (Å²) in [5.74, 6) is 0.795. The molecular weight excluding hydrogens is 238 g/mol. The van der Waals surface area contributed by atoms with Gasteiger partial charge in [0.1, 0.15) is 5.82 Å². The Hall–Kier alpha value is -0.880. The van der Waals surface area contributed by atoms with E-state index in [1.807, 2.05) is 6.92 Å². The van der Waals surface area contributed by atoms with Crippen LogP contribution in [0.2, 0.25) is 0 Å². The second-order valence-electron chi connectivity index (χ2n) is 4.52. The molecular formula is C11H19N3O2S. The molecule has 1 atom stereocenters. The van der Waals surface area contributed by atoms with Crippen molar-refractivity contribution in [3.05, 3.63) is 11.5 Å². The van der Waals surface area contributed by atoms with Gasteiger partial charge in [0.25, 0.3) is 10.0 Å². The first-order valence-corrected chi connectivity index (χ1v) is 7.53. The zero-order valence-corrected chi connectivity index (χ0v) is 11.3. The van der Waals surface area contributed by atoms with Gasteiger partial charge in [-0.15, -0.1) is 0 Å². The Morgan fingerprint density at radius 2 is 2.24 bits per heavy atom. The molecule has 6 heteroatoms. The van der Waals surface area contributed by atoms with Crippen LogP contribution in [0.1, 0.15) is 44.2 Å². The van der Waals surface area contributed by atoms with Gasteiger partial charge in [-0.1, -0.05) is 6.92 Å². The van der Waals surface area contributed by atoms with Crippen LogP contribution >= 0.6 is 0 Å². The summed E-state index contributed by atoms with van der Waals surface area (Å²) in [6.07, 6.45) is 2.91. The first kappa shape index (κ1) is 12.6. The predicted molar refractivity (Wildman–Crippen MR) is 65.5 cm³/mol. The molecule has 2 rings (SSSR count). The maximum absolute atomic E-state index is 12.0. The van der Waals surface area contributed by atoms with Gasteiger partial charge in [0.2, 0.25) is 0 Å². The van der Waals surface area contributed by atoms with Gasteiger partial charge < -0.3 is 4.57 Å². The smallest absolute Gasteiger partial charge is 0.259 e. The van der Waals surface area contributed by atoms with Gasteiger partial charge in [-0.2, -0.15) is 0 Å². The van der Waals surface area contributed by atoms with E-state index in [9.17, 15) is 8.42 Å². The third-order valence-corrected chi connectivity index (χ3v) is 4.72. The summed E-state index contributed by atoms with van der Waals surface area (Å²) in [7, 11) is -3.44. The first-order valence-electron chi connectivity index (χ1n) is 6.04. The van der Waals surface area contributed by atoms with Crippen molar-refractivity contribution in [3.8, 4) is 0 Å². The van der Waals surface area contributed by atoms with Crippen molar-refractivity contribution < 1.29 is 8.42 Å². The molecule has 0 amide bonds. The minimum atomic E-state index is -3.44. The molecule has 1 unspecified atom stereocenters. The van der Waals surface area contributed by atoms with Crippen molar-refractivity contribution in [3.63, 3.8) is 0 Å². The number of nitrogens with zero attached hydrogens (tertiary/aromatic N) is 2. The summed E-state index contributed by atoms with van der Waals surface area (Å²) in [4.78, 5) is 4.25. The fourth-order valence-electron chi connectivity index (χ4n) is 2.54. The summed E-state index contributed by atoms with van der Waals surface area (Å²) in [5.41, 5.74) is 0.863. The van der Waals surface area contributed by atoms with E-state index in [0.29, 0.717) is 12.6 Å². The number of imidazole rings is 1. The minimum Gasteiger partial charge on any atom is -0.328 e. The third-order valence-electron chi connectivity index (χ3n) is 3.21. The van der Waals surface area contributed by atoms with E-state index in [0.717, 1.165) is 30.8 Å². The Balaban J connectivity index is 2.54. The number of sulfonamides is 1. The van der Waals surface area contributed by atoms with E-state index >= 15 is 0 Å². The highest BCUT2D eigenvalue weighted by Crippen LogP contribution is 2.30. The number of hydrogen-bond acceptors (Lipinski definition) is 3. The molecule has 0 bridgehead atoms. The molecule has 17 heavy (non-hydrogen) atoms. The number of rotatable bonds is 3. The van der Waals surface area contributed by atoms with E-state index in [2.05, 4.69) is 21.2 Å². The van der Waals surface area contributed by atoms with Crippen molar-refractivity contribution in [2.75, 3.05) is 6.54 Å². The van der Waals surface area contributed by atoms with Crippen LogP contribution in [-0.2, 0) is 16.4 Å². The van der Waals surface area contributed by atoms with E-state index in [1.165, 1.54) is 0 Å². The third kappa shape index (κ3) is 2.11.